The van der Waals surface area contributed by atoms with Crippen LogP contribution in [0.25, 0.3) is 22.1 Å². The number of piperidine rings is 1. The Labute approximate surface area is 170 Å². The molecule has 1 aromatic heterocycles. The second-order valence-corrected chi connectivity index (χ2v) is 7.92. The highest BCUT2D eigenvalue weighted by molar-refractivity contribution is 5.86. The van der Waals surface area contributed by atoms with Crippen molar-refractivity contribution in [2.24, 2.45) is 0 Å². The lowest BCUT2D eigenvalue weighted by atomic mass is 9.96. The summed E-state index contributed by atoms with van der Waals surface area (Å²) in [6.45, 7) is 4.99. The van der Waals surface area contributed by atoms with Gasteiger partial charge in [-0.15, -0.1) is 0 Å². The maximum atomic E-state index is 13.3. The van der Waals surface area contributed by atoms with E-state index in [0.29, 0.717) is 52.0 Å². The summed E-state index contributed by atoms with van der Waals surface area (Å²) < 4.78 is 11.4. The number of methoxy groups -OCH3 is 1. The van der Waals surface area contributed by atoms with E-state index in [1.807, 2.05) is 24.3 Å². The quantitative estimate of drug-likeness (QED) is 0.680. The predicted molar refractivity (Wildman–Crippen MR) is 114 cm³/mol. The zero-order valence-corrected chi connectivity index (χ0v) is 17.1. The van der Waals surface area contributed by atoms with Crippen LogP contribution in [0.5, 0.6) is 11.5 Å². The zero-order chi connectivity index (χ0) is 20.5. The Kier molecular flexibility index (Phi) is 5.33. The van der Waals surface area contributed by atoms with E-state index < -0.39 is 0 Å². The third kappa shape index (κ3) is 3.51. The van der Waals surface area contributed by atoms with Gasteiger partial charge in [-0.2, -0.15) is 0 Å². The molecule has 29 heavy (non-hydrogen) atoms. The minimum Gasteiger partial charge on any atom is -0.507 e. The highest BCUT2D eigenvalue weighted by atomic mass is 16.5. The second kappa shape index (κ2) is 7.91. The maximum Gasteiger partial charge on any atom is 0.200 e. The first-order chi connectivity index (χ1) is 14.0. The molecule has 5 heteroatoms. The molecule has 4 rings (SSSR count). The molecule has 0 spiro atoms. The molecule has 2 heterocycles. The number of aromatic hydroxyl groups is 1. The third-order valence-electron chi connectivity index (χ3n) is 6.13. The van der Waals surface area contributed by atoms with Gasteiger partial charge < -0.3 is 14.3 Å². The molecule has 3 aromatic rings. The number of hydrogen-bond acceptors (Lipinski definition) is 5. The van der Waals surface area contributed by atoms with E-state index in [0.717, 1.165) is 12.8 Å². The molecule has 152 valence electrons. The van der Waals surface area contributed by atoms with Gasteiger partial charge >= 0.3 is 0 Å². The van der Waals surface area contributed by atoms with Gasteiger partial charge in [0.2, 0.25) is 5.43 Å². The number of benzene rings is 2. The Morgan fingerprint density at radius 3 is 2.55 bits per heavy atom. The molecule has 5 nitrogen and oxygen atoms in total. The number of rotatable bonds is 4. The van der Waals surface area contributed by atoms with Crippen molar-refractivity contribution in [3.63, 3.8) is 0 Å². The number of para-hydroxylation sites is 1. The molecule has 1 fully saturated rings. The summed E-state index contributed by atoms with van der Waals surface area (Å²) in [5, 5.41) is 11.0. The minimum atomic E-state index is -0.128. The fourth-order valence-electron chi connectivity index (χ4n) is 4.42. The van der Waals surface area contributed by atoms with Crippen molar-refractivity contribution in [2.45, 2.75) is 51.7 Å². The van der Waals surface area contributed by atoms with Crippen molar-refractivity contribution in [1.82, 2.24) is 4.90 Å². The Balaban J connectivity index is 1.83. The van der Waals surface area contributed by atoms with Gasteiger partial charge in [0.05, 0.1) is 23.6 Å². The molecule has 1 aliphatic rings. The van der Waals surface area contributed by atoms with Gasteiger partial charge in [-0.25, -0.2) is 0 Å². The first kappa shape index (κ1) is 19.5. The summed E-state index contributed by atoms with van der Waals surface area (Å²) in [5.41, 5.74) is 2.15. The topological polar surface area (TPSA) is 62.9 Å². The highest BCUT2D eigenvalue weighted by Crippen LogP contribution is 2.34. The number of fused-ring (bicyclic) bond motifs is 1. The summed E-state index contributed by atoms with van der Waals surface area (Å²) in [6.07, 6.45) is 4.97. The number of ether oxygens (including phenoxy) is 1. The number of hydrogen-bond donors (Lipinski definition) is 1. The van der Waals surface area contributed by atoms with Gasteiger partial charge in [-0.3, -0.25) is 9.69 Å². The molecule has 0 radical (unpaired) electrons. The largest absolute Gasteiger partial charge is 0.507 e. The Morgan fingerprint density at radius 1 is 1.10 bits per heavy atom. The van der Waals surface area contributed by atoms with E-state index >= 15 is 0 Å². The van der Waals surface area contributed by atoms with E-state index in [9.17, 15) is 9.90 Å². The van der Waals surface area contributed by atoms with E-state index in [1.54, 1.807) is 19.2 Å². The first-order valence-corrected chi connectivity index (χ1v) is 10.2. The van der Waals surface area contributed by atoms with Gasteiger partial charge in [0.25, 0.3) is 0 Å². The van der Waals surface area contributed by atoms with Crippen molar-refractivity contribution >= 4 is 11.0 Å². The van der Waals surface area contributed by atoms with Crippen molar-refractivity contribution in [2.75, 3.05) is 7.11 Å². The number of nitrogens with zero attached hydrogens (tertiary/aromatic N) is 1. The van der Waals surface area contributed by atoms with Crippen LogP contribution in [0, 0.1) is 0 Å². The molecule has 0 saturated carbocycles. The zero-order valence-electron chi connectivity index (χ0n) is 17.1. The van der Waals surface area contributed by atoms with Gasteiger partial charge in [-0.1, -0.05) is 24.6 Å². The smallest absolute Gasteiger partial charge is 0.200 e. The fourth-order valence-corrected chi connectivity index (χ4v) is 4.42. The van der Waals surface area contributed by atoms with E-state index in [1.165, 1.54) is 12.7 Å². The van der Waals surface area contributed by atoms with E-state index in [4.69, 9.17) is 9.15 Å². The summed E-state index contributed by atoms with van der Waals surface area (Å²) in [5.74, 6) is 0.782. The van der Waals surface area contributed by atoms with Crippen LogP contribution in [0.15, 0.2) is 51.9 Å². The normalized spacial score (nSPS) is 20.1. The molecule has 1 N–H and O–H groups in total. The standard InChI is InChI=1S/C24H27NO4/c1-15-7-6-8-16(2)25(15)13-19-21(26)12-11-18-23(27)20(14-29-24(18)19)17-9-4-5-10-22(17)28-3/h4-5,9-12,14-16,26H,6-8,13H2,1-3H3/t15-,16-/m1/s1. The van der Waals surface area contributed by atoms with E-state index in [-0.39, 0.29) is 11.2 Å². The molecular formula is C24H27NO4. The summed E-state index contributed by atoms with van der Waals surface area (Å²) >= 11 is 0. The molecule has 0 unspecified atom stereocenters. The summed E-state index contributed by atoms with van der Waals surface area (Å²) in [6, 6.07) is 11.5. The lowest BCUT2D eigenvalue weighted by molar-refractivity contribution is 0.0945. The Hall–Kier alpha value is -2.79. The van der Waals surface area contributed by atoms with Gasteiger partial charge in [-0.05, 0) is 44.9 Å². The fraction of sp³-hybridized carbons (Fsp3) is 0.375. The third-order valence-corrected chi connectivity index (χ3v) is 6.13. The molecule has 0 amide bonds. The van der Waals surface area contributed by atoms with Crippen LogP contribution in [0.4, 0.5) is 0 Å². The highest BCUT2D eigenvalue weighted by Gasteiger charge is 2.27. The van der Waals surface area contributed by atoms with Crippen LogP contribution in [-0.4, -0.2) is 29.2 Å². The molecule has 2 atom stereocenters. The second-order valence-electron chi connectivity index (χ2n) is 7.92. The van der Waals surface area contributed by atoms with Crippen molar-refractivity contribution in [1.29, 1.82) is 0 Å². The summed E-state index contributed by atoms with van der Waals surface area (Å²) in [4.78, 5) is 15.7. The van der Waals surface area contributed by atoms with Crippen LogP contribution >= 0.6 is 0 Å². The molecule has 2 aromatic carbocycles. The summed E-state index contributed by atoms with van der Waals surface area (Å²) in [7, 11) is 1.58. The monoisotopic (exact) mass is 393 g/mol. The SMILES string of the molecule is COc1ccccc1-c1coc2c(CN3[C@H](C)CCC[C@H]3C)c(O)ccc2c1=O. The van der Waals surface area contributed by atoms with Crippen LogP contribution in [0.1, 0.15) is 38.7 Å². The van der Waals surface area contributed by atoms with Gasteiger partial charge in [0.1, 0.15) is 23.3 Å². The maximum absolute atomic E-state index is 13.3. The van der Waals surface area contributed by atoms with Crippen LogP contribution in [0.2, 0.25) is 0 Å². The molecule has 1 aliphatic heterocycles. The van der Waals surface area contributed by atoms with Crippen LogP contribution < -0.4 is 10.2 Å². The predicted octanol–water partition coefficient (Wildman–Crippen LogP) is 4.94. The molecular weight excluding hydrogens is 366 g/mol. The minimum absolute atomic E-state index is 0.128. The van der Waals surface area contributed by atoms with Gasteiger partial charge in [0, 0.05) is 24.2 Å². The van der Waals surface area contributed by atoms with Crippen LogP contribution in [-0.2, 0) is 6.54 Å². The van der Waals surface area contributed by atoms with Crippen molar-refractivity contribution in [3.05, 3.63) is 58.4 Å². The van der Waals surface area contributed by atoms with Crippen LogP contribution in [0.3, 0.4) is 0 Å². The first-order valence-electron chi connectivity index (χ1n) is 10.2. The number of phenolic OH excluding ortho intramolecular Hbond substituents is 1. The molecule has 1 saturated heterocycles. The van der Waals surface area contributed by atoms with Crippen molar-refractivity contribution in [3.8, 4) is 22.6 Å². The number of likely N-dealkylation sites (tertiary alicyclic amines) is 1. The van der Waals surface area contributed by atoms with E-state index in [2.05, 4.69) is 18.7 Å². The average Bonchev–Trinajstić information content (AvgIpc) is 2.72. The average molecular weight is 393 g/mol. The Bertz CT molecular complexity index is 1080. The Morgan fingerprint density at radius 2 is 1.83 bits per heavy atom. The van der Waals surface area contributed by atoms with Crippen molar-refractivity contribution < 1.29 is 14.3 Å². The lowest BCUT2D eigenvalue weighted by Gasteiger charge is -2.39. The molecule has 0 bridgehead atoms. The lowest BCUT2D eigenvalue weighted by Crippen LogP contribution is -2.43. The number of phenols is 1. The molecule has 0 aliphatic carbocycles. The van der Waals surface area contributed by atoms with Gasteiger partial charge in [0.15, 0.2) is 0 Å².